The van der Waals surface area contributed by atoms with Crippen LogP contribution in [0, 0.1) is 31.6 Å². The molecular weight excluding hydrogens is 546 g/mol. The minimum Gasteiger partial charge on any atom is -0.507 e. The molecule has 4 atom stereocenters. The molecule has 0 radical (unpaired) electrons. The molecule has 2 amide bonds. The van der Waals surface area contributed by atoms with Crippen molar-refractivity contribution in [2.45, 2.75) is 39.5 Å². The number of hydrogen-bond donors (Lipinski definition) is 1. The van der Waals surface area contributed by atoms with Crippen molar-refractivity contribution in [2.75, 3.05) is 4.90 Å². The Morgan fingerprint density at radius 2 is 1.58 bits per heavy atom. The second-order valence-corrected chi connectivity index (χ2v) is 11.6. The predicted octanol–water partition coefficient (Wildman–Crippen LogP) is 5.41. The summed E-state index contributed by atoms with van der Waals surface area (Å²) in [5.74, 6) is -2.71. The molecule has 0 saturated carbocycles. The van der Waals surface area contributed by atoms with Crippen LogP contribution in [0.1, 0.15) is 42.4 Å². The SMILES string of the molecule is CC1=CC(=O)C2=C(CC3C(=CCC4C(=O)N(c5ccc(Br)cc5)C(=O)C43)C2c2cc(C)c(O)c(C)c2)C1=O. The number of nitrogens with zero attached hydrogens (tertiary/aromatic N) is 1. The molecular formula is C31H26BrNO5. The fraction of sp³-hybridized carbons (Fsp3) is 0.290. The smallest absolute Gasteiger partial charge is 0.238 e. The van der Waals surface area contributed by atoms with E-state index < -0.39 is 17.8 Å². The van der Waals surface area contributed by atoms with Gasteiger partial charge in [0.15, 0.2) is 11.6 Å². The first kappa shape index (κ1) is 24.7. The molecule has 0 bridgehead atoms. The van der Waals surface area contributed by atoms with E-state index in [0.29, 0.717) is 40.0 Å². The number of benzene rings is 2. The molecule has 1 fully saturated rings. The van der Waals surface area contributed by atoms with Crippen molar-refractivity contribution in [1.29, 1.82) is 0 Å². The monoisotopic (exact) mass is 571 g/mol. The molecule has 38 heavy (non-hydrogen) atoms. The van der Waals surface area contributed by atoms with Gasteiger partial charge in [-0.1, -0.05) is 39.7 Å². The second kappa shape index (κ2) is 8.73. The lowest BCUT2D eigenvalue weighted by molar-refractivity contribution is -0.123. The number of imide groups is 1. The lowest BCUT2D eigenvalue weighted by Crippen LogP contribution is -2.39. The molecule has 192 valence electrons. The van der Waals surface area contributed by atoms with E-state index in [1.54, 1.807) is 45.0 Å². The van der Waals surface area contributed by atoms with Crippen molar-refractivity contribution < 1.29 is 24.3 Å². The van der Waals surface area contributed by atoms with Gasteiger partial charge in [-0.25, -0.2) is 0 Å². The third kappa shape index (κ3) is 3.52. The Balaban J connectivity index is 1.50. The number of hydrogen-bond acceptors (Lipinski definition) is 5. The first-order valence-corrected chi connectivity index (χ1v) is 13.5. The van der Waals surface area contributed by atoms with Crippen molar-refractivity contribution in [2.24, 2.45) is 17.8 Å². The van der Waals surface area contributed by atoms with Crippen LogP contribution in [-0.2, 0) is 19.2 Å². The highest BCUT2D eigenvalue weighted by molar-refractivity contribution is 9.10. The fourth-order valence-corrected chi connectivity index (χ4v) is 7.03. The van der Waals surface area contributed by atoms with Gasteiger partial charge in [-0.3, -0.25) is 24.1 Å². The maximum Gasteiger partial charge on any atom is 0.238 e. The number of aromatic hydroxyl groups is 1. The topological polar surface area (TPSA) is 91.8 Å². The van der Waals surface area contributed by atoms with Crippen LogP contribution in [0.4, 0.5) is 5.69 Å². The lowest BCUT2D eigenvalue weighted by Gasteiger charge is -2.42. The van der Waals surface area contributed by atoms with E-state index in [2.05, 4.69) is 15.9 Å². The number of phenolic OH excluding ortho intramolecular Hbond substituents is 1. The van der Waals surface area contributed by atoms with Gasteiger partial charge in [0.05, 0.1) is 17.5 Å². The van der Waals surface area contributed by atoms with Gasteiger partial charge >= 0.3 is 0 Å². The van der Waals surface area contributed by atoms with Gasteiger partial charge in [-0.05, 0) is 86.6 Å². The van der Waals surface area contributed by atoms with E-state index in [4.69, 9.17) is 0 Å². The summed E-state index contributed by atoms with van der Waals surface area (Å²) in [6, 6.07) is 10.8. The third-order valence-corrected chi connectivity index (χ3v) is 9.02. The second-order valence-electron chi connectivity index (χ2n) is 10.7. The highest BCUT2D eigenvalue weighted by atomic mass is 79.9. The molecule has 1 aliphatic heterocycles. The largest absolute Gasteiger partial charge is 0.507 e. The number of Topliss-reactive ketones (excluding diaryl/α,β-unsaturated/α-hetero) is 1. The number of carbonyl (C=O) groups excluding carboxylic acids is 4. The van der Waals surface area contributed by atoms with Crippen molar-refractivity contribution >= 4 is 45.0 Å². The number of amides is 2. The highest BCUT2D eigenvalue weighted by Gasteiger charge is 2.56. The lowest BCUT2D eigenvalue weighted by atomic mass is 9.59. The Bertz CT molecular complexity index is 1540. The first-order chi connectivity index (χ1) is 18.1. The summed E-state index contributed by atoms with van der Waals surface area (Å²) in [7, 11) is 0. The molecule has 4 unspecified atom stereocenters. The van der Waals surface area contributed by atoms with Gasteiger partial charge in [0.2, 0.25) is 11.8 Å². The van der Waals surface area contributed by atoms with Crippen molar-refractivity contribution in [3.63, 3.8) is 0 Å². The molecule has 3 aliphatic carbocycles. The molecule has 7 heteroatoms. The van der Waals surface area contributed by atoms with E-state index in [1.807, 2.05) is 18.2 Å². The number of aryl methyl sites for hydroxylation is 2. The number of phenols is 1. The average molecular weight is 572 g/mol. The minimum atomic E-state index is -0.615. The molecule has 6 nitrogen and oxygen atoms in total. The number of halogens is 1. The van der Waals surface area contributed by atoms with Crippen LogP contribution in [0.25, 0.3) is 0 Å². The van der Waals surface area contributed by atoms with Crippen molar-refractivity contribution in [3.8, 4) is 5.75 Å². The maximum absolute atomic E-state index is 13.9. The average Bonchev–Trinajstić information content (AvgIpc) is 3.14. The normalized spacial score (nSPS) is 26.7. The molecule has 2 aromatic carbocycles. The Morgan fingerprint density at radius 1 is 0.921 bits per heavy atom. The highest BCUT2D eigenvalue weighted by Crippen LogP contribution is 2.55. The Hall–Kier alpha value is -3.58. The van der Waals surface area contributed by atoms with Crippen molar-refractivity contribution in [1.82, 2.24) is 0 Å². The number of allylic oxidation sites excluding steroid dienone is 6. The maximum atomic E-state index is 13.9. The molecule has 0 spiro atoms. The summed E-state index contributed by atoms with van der Waals surface area (Å²) in [6.07, 6.45) is 4.05. The Kier molecular flexibility index (Phi) is 5.69. The number of ketones is 2. The van der Waals surface area contributed by atoms with Gasteiger partial charge < -0.3 is 5.11 Å². The van der Waals surface area contributed by atoms with E-state index in [-0.39, 0.29) is 41.5 Å². The van der Waals surface area contributed by atoms with Gasteiger partial charge in [-0.15, -0.1) is 0 Å². The minimum absolute atomic E-state index is 0.181. The van der Waals surface area contributed by atoms with Crippen molar-refractivity contribution in [3.05, 3.63) is 92.0 Å². The third-order valence-electron chi connectivity index (χ3n) is 8.49. The number of fused-ring (bicyclic) bond motifs is 3. The zero-order valence-electron chi connectivity index (χ0n) is 21.2. The van der Waals surface area contributed by atoms with E-state index >= 15 is 0 Å². The van der Waals surface area contributed by atoms with Crippen LogP contribution in [-0.4, -0.2) is 28.5 Å². The molecule has 0 aromatic heterocycles. The molecule has 2 aromatic rings. The van der Waals surface area contributed by atoms with Crippen LogP contribution < -0.4 is 4.90 Å². The molecule has 6 rings (SSSR count). The van der Waals surface area contributed by atoms with Gasteiger partial charge in [-0.2, -0.15) is 0 Å². The molecule has 1 heterocycles. The standard InChI is InChI=1S/C31H26BrNO5/c1-14-10-17(11-15(2)28(14)35)25-20-8-9-21-26(22(20)13-23-27(25)24(34)12-16(3)29(23)36)31(38)33(30(21)37)19-6-4-18(32)5-7-19/h4-8,10-12,21-22,25-26,35H,9,13H2,1-3H3. The molecule has 4 aliphatic rings. The quantitative estimate of drug-likeness (QED) is 0.296. The molecule has 1 saturated heterocycles. The zero-order chi connectivity index (χ0) is 27.0. The summed E-state index contributed by atoms with van der Waals surface area (Å²) < 4.78 is 0.847. The van der Waals surface area contributed by atoms with Crippen LogP contribution in [0.2, 0.25) is 0 Å². The molecule has 1 N–H and O–H groups in total. The van der Waals surface area contributed by atoms with Crippen LogP contribution in [0.5, 0.6) is 5.75 Å². The number of anilines is 1. The Morgan fingerprint density at radius 3 is 2.24 bits per heavy atom. The van der Waals surface area contributed by atoms with E-state index in [0.717, 1.165) is 15.6 Å². The van der Waals surface area contributed by atoms with Gasteiger partial charge in [0, 0.05) is 27.1 Å². The predicted molar refractivity (Wildman–Crippen MR) is 146 cm³/mol. The summed E-state index contributed by atoms with van der Waals surface area (Å²) >= 11 is 3.40. The van der Waals surface area contributed by atoms with Crippen LogP contribution >= 0.6 is 15.9 Å². The van der Waals surface area contributed by atoms with Gasteiger partial charge in [0.1, 0.15) is 5.75 Å². The summed E-state index contributed by atoms with van der Waals surface area (Å²) in [4.78, 5) is 55.5. The number of rotatable bonds is 2. The van der Waals surface area contributed by atoms with E-state index in [9.17, 15) is 24.3 Å². The van der Waals surface area contributed by atoms with Crippen LogP contribution in [0.3, 0.4) is 0 Å². The fourth-order valence-electron chi connectivity index (χ4n) is 6.76. The zero-order valence-corrected chi connectivity index (χ0v) is 22.8. The van der Waals surface area contributed by atoms with E-state index in [1.165, 1.54) is 11.0 Å². The summed E-state index contributed by atoms with van der Waals surface area (Å²) in [6.45, 7) is 5.25. The number of carbonyl (C=O) groups is 4. The summed E-state index contributed by atoms with van der Waals surface area (Å²) in [5.41, 5.74) is 4.86. The van der Waals surface area contributed by atoms with Gasteiger partial charge in [0.25, 0.3) is 0 Å². The summed E-state index contributed by atoms with van der Waals surface area (Å²) in [5, 5.41) is 10.4. The first-order valence-electron chi connectivity index (χ1n) is 12.7. The van der Waals surface area contributed by atoms with Crippen LogP contribution in [0.15, 0.2) is 75.3 Å². The Labute approximate surface area is 228 Å².